The van der Waals surface area contributed by atoms with Gasteiger partial charge in [0.25, 0.3) is 0 Å². The van der Waals surface area contributed by atoms with Crippen LogP contribution < -0.4 is 5.73 Å². The molecular formula is C8H7BrN4. The second-order valence-electron chi connectivity index (χ2n) is 2.50. The van der Waals surface area contributed by atoms with Crippen LogP contribution in [0.1, 0.15) is 0 Å². The molecule has 0 saturated carbocycles. The maximum absolute atomic E-state index is 5.66. The number of hydrogen-bond donors (Lipinski definition) is 1. The van der Waals surface area contributed by atoms with Gasteiger partial charge in [0.1, 0.15) is 5.82 Å². The quantitative estimate of drug-likeness (QED) is 0.822. The average molecular weight is 239 g/mol. The van der Waals surface area contributed by atoms with Crippen molar-refractivity contribution >= 4 is 21.7 Å². The van der Waals surface area contributed by atoms with E-state index in [0.29, 0.717) is 11.6 Å². The van der Waals surface area contributed by atoms with Gasteiger partial charge in [0, 0.05) is 16.7 Å². The predicted molar refractivity (Wildman–Crippen MR) is 53.5 cm³/mol. The molecule has 0 radical (unpaired) electrons. The lowest BCUT2D eigenvalue weighted by Gasteiger charge is -2.01. The molecule has 2 aromatic heterocycles. The van der Waals surface area contributed by atoms with Crippen LogP contribution in [0.4, 0.5) is 5.82 Å². The summed E-state index contributed by atoms with van der Waals surface area (Å²) in [6.07, 6.45) is 3.34. The van der Waals surface area contributed by atoms with Gasteiger partial charge < -0.3 is 5.73 Å². The Kier molecular flexibility index (Phi) is 2.02. The summed E-state index contributed by atoms with van der Waals surface area (Å²) in [5, 5.41) is 4.03. The zero-order valence-electron chi connectivity index (χ0n) is 6.68. The highest BCUT2D eigenvalue weighted by Gasteiger charge is 2.01. The highest BCUT2D eigenvalue weighted by Crippen LogP contribution is 2.12. The zero-order chi connectivity index (χ0) is 9.26. The molecule has 4 nitrogen and oxygen atoms in total. The summed E-state index contributed by atoms with van der Waals surface area (Å²) < 4.78 is 2.51. The van der Waals surface area contributed by atoms with E-state index in [0.717, 1.165) is 4.47 Å². The minimum Gasteiger partial charge on any atom is -0.384 e. The highest BCUT2D eigenvalue weighted by molar-refractivity contribution is 9.10. The Bertz CT molecular complexity index is 406. The van der Waals surface area contributed by atoms with Crippen molar-refractivity contribution in [3.63, 3.8) is 0 Å². The lowest BCUT2D eigenvalue weighted by atomic mass is 10.4. The van der Waals surface area contributed by atoms with Gasteiger partial charge in [-0.25, -0.2) is 4.98 Å². The molecule has 13 heavy (non-hydrogen) atoms. The predicted octanol–water partition coefficient (Wildman–Crippen LogP) is 1.61. The summed E-state index contributed by atoms with van der Waals surface area (Å²) in [4.78, 5) is 4.16. The molecule has 66 valence electrons. The first-order valence-corrected chi connectivity index (χ1v) is 4.48. The Labute approximate surface area is 83.5 Å². The van der Waals surface area contributed by atoms with E-state index >= 15 is 0 Å². The molecule has 0 aliphatic carbocycles. The van der Waals surface area contributed by atoms with Crippen LogP contribution in [-0.4, -0.2) is 14.8 Å². The maximum atomic E-state index is 5.66. The number of nitrogens with two attached hydrogens (primary N) is 1. The monoisotopic (exact) mass is 238 g/mol. The molecule has 0 aliphatic heterocycles. The van der Waals surface area contributed by atoms with Gasteiger partial charge in [0.15, 0.2) is 5.82 Å². The summed E-state index contributed by atoms with van der Waals surface area (Å²) in [7, 11) is 0. The Balaban J connectivity index is 2.47. The largest absolute Gasteiger partial charge is 0.384 e. The van der Waals surface area contributed by atoms with Gasteiger partial charge in [-0.15, -0.1) is 0 Å². The van der Waals surface area contributed by atoms with E-state index in [2.05, 4.69) is 26.0 Å². The van der Waals surface area contributed by atoms with Gasteiger partial charge >= 0.3 is 0 Å². The standard InChI is InChI=1S/C8H7BrN4/c9-6-1-2-8(11-5-6)13-7(10)3-4-12-13/h1-5H,10H2. The molecular weight excluding hydrogens is 232 g/mol. The summed E-state index contributed by atoms with van der Waals surface area (Å²) in [5.74, 6) is 1.29. The van der Waals surface area contributed by atoms with Gasteiger partial charge in [-0.2, -0.15) is 9.78 Å². The molecule has 0 bridgehead atoms. The highest BCUT2D eigenvalue weighted by atomic mass is 79.9. The molecule has 2 aromatic rings. The number of nitrogen functional groups attached to an aromatic ring is 1. The van der Waals surface area contributed by atoms with E-state index < -0.39 is 0 Å². The van der Waals surface area contributed by atoms with Crippen molar-refractivity contribution in [2.45, 2.75) is 0 Å². The Hall–Kier alpha value is -1.36. The summed E-state index contributed by atoms with van der Waals surface area (Å²) in [5.41, 5.74) is 5.66. The van der Waals surface area contributed by atoms with E-state index in [9.17, 15) is 0 Å². The van der Waals surface area contributed by atoms with Gasteiger partial charge in [0.05, 0.1) is 6.20 Å². The topological polar surface area (TPSA) is 56.7 Å². The van der Waals surface area contributed by atoms with Crippen LogP contribution in [0.5, 0.6) is 0 Å². The molecule has 0 aliphatic rings. The van der Waals surface area contributed by atoms with Crippen molar-refractivity contribution in [1.29, 1.82) is 0 Å². The maximum Gasteiger partial charge on any atom is 0.155 e. The number of anilines is 1. The van der Waals surface area contributed by atoms with E-state index in [1.54, 1.807) is 23.1 Å². The zero-order valence-corrected chi connectivity index (χ0v) is 8.27. The molecule has 0 fully saturated rings. The number of aromatic nitrogens is 3. The lowest BCUT2D eigenvalue weighted by molar-refractivity contribution is 0.856. The van der Waals surface area contributed by atoms with Crippen LogP contribution in [-0.2, 0) is 0 Å². The normalized spacial score (nSPS) is 10.2. The van der Waals surface area contributed by atoms with Gasteiger partial charge in [-0.1, -0.05) is 0 Å². The molecule has 2 N–H and O–H groups in total. The fourth-order valence-corrected chi connectivity index (χ4v) is 1.23. The first-order chi connectivity index (χ1) is 6.27. The van der Waals surface area contributed by atoms with Crippen molar-refractivity contribution in [2.75, 3.05) is 5.73 Å². The van der Waals surface area contributed by atoms with E-state index in [-0.39, 0.29) is 0 Å². The fourth-order valence-electron chi connectivity index (χ4n) is 0.998. The molecule has 2 rings (SSSR count). The van der Waals surface area contributed by atoms with Crippen LogP contribution in [0.15, 0.2) is 35.1 Å². The minimum absolute atomic E-state index is 0.579. The summed E-state index contributed by atoms with van der Waals surface area (Å²) in [6.45, 7) is 0. The Morgan fingerprint density at radius 1 is 1.31 bits per heavy atom. The molecule has 0 amide bonds. The average Bonchev–Trinajstić information content (AvgIpc) is 2.53. The third-order valence-electron chi connectivity index (χ3n) is 1.60. The van der Waals surface area contributed by atoms with Crippen molar-refractivity contribution < 1.29 is 0 Å². The van der Waals surface area contributed by atoms with Crippen LogP contribution >= 0.6 is 15.9 Å². The van der Waals surface area contributed by atoms with Gasteiger partial charge in [0.2, 0.25) is 0 Å². The van der Waals surface area contributed by atoms with E-state index in [4.69, 9.17) is 5.73 Å². The Morgan fingerprint density at radius 3 is 2.69 bits per heavy atom. The molecule has 0 spiro atoms. The van der Waals surface area contributed by atoms with Crippen LogP contribution in [0.3, 0.4) is 0 Å². The fraction of sp³-hybridized carbons (Fsp3) is 0. The van der Waals surface area contributed by atoms with Gasteiger partial charge in [-0.3, -0.25) is 0 Å². The SMILES string of the molecule is Nc1ccnn1-c1ccc(Br)cn1. The molecule has 0 atom stereocenters. The number of pyridine rings is 1. The van der Waals surface area contributed by atoms with E-state index in [1.807, 2.05) is 12.1 Å². The van der Waals surface area contributed by atoms with Crippen molar-refractivity contribution in [3.05, 3.63) is 35.1 Å². The van der Waals surface area contributed by atoms with Crippen molar-refractivity contribution in [1.82, 2.24) is 14.8 Å². The van der Waals surface area contributed by atoms with Gasteiger partial charge in [-0.05, 0) is 28.1 Å². The third kappa shape index (κ3) is 1.55. The second kappa shape index (κ2) is 3.18. The first-order valence-electron chi connectivity index (χ1n) is 3.69. The molecule has 0 unspecified atom stereocenters. The lowest BCUT2D eigenvalue weighted by Crippen LogP contribution is -2.03. The number of nitrogens with zero attached hydrogens (tertiary/aromatic N) is 3. The van der Waals surface area contributed by atoms with Crippen molar-refractivity contribution in [3.8, 4) is 5.82 Å². The molecule has 2 heterocycles. The van der Waals surface area contributed by atoms with Crippen molar-refractivity contribution in [2.24, 2.45) is 0 Å². The summed E-state index contributed by atoms with van der Waals surface area (Å²) in [6, 6.07) is 5.46. The third-order valence-corrected chi connectivity index (χ3v) is 2.07. The summed E-state index contributed by atoms with van der Waals surface area (Å²) >= 11 is 3.30. The van der Waals surface area contributed by atoms with Crippen LogP contribution in [0.25, 0.3) is 5.82 Å². The molecule has 0 saturated heterocycles. The number of hydrogen-bond acceptors (Lipinski definition) is 3. The van der Waals surface area contributed by atoms with Crippen LogP contribution in [0, 0.1) is 0 Å². The second-order valence-corrected chi connectivity index (χ2v) is 3.42. The van der Waals surface area contributed by atoms with Crippen LogP contribution in [0.2, 0.25) is 0 Å². The molecule has 0 aromatic carbocycles. The number of halogens is 1. The number of rotatable bonds is 1. The van der Waals surface area contributed by atoms with E-state index in [1.165, 1.54) is 0 Å². The first kappa shape index (κ1) is 8.25. The molecule has 5 heteroatoms. The smallest absolute Gasteiger partial charge is 0.155 e. The minimum atomic E-state index is 0.579. The Morgan fingerprint density at radius 2 is 2.15 bits per heavy atom.